The van der Waals surface area contributed by atoms with Crippen molar-refractivity contribution in [1.82, 2.24) is 15.6 Å². The first-order valence-corrected chi connectivity index (χ1v) is 4.01. The number of hydrogen-bond donors (Lipinski definition) is 5. The summed E-state index contributed by atoms with van der Waals surface area (Å²) in [7, 11) is 0. The van der Waals surface area contributed by atoms with Crippen LogP contribution in [0.3, 0.4) is 0 Å². The minimum absolute atomic E-state index is 0.00862. The van der Waals surface area contributed by atoms with E-state index in [0.29, 0.717) is 6.54 Å². The molecule has 14 heavy (non-hydrogen) atoms. The number of guanidine groups is 2. The molecule has 0 spiro atoms. The Hall–Kier alpha value is -2.11. The van der Waals surface area contributed by atoms with Crippen molar-refractivity contribution in [2.75, 3.05) is 0 Å². The summed E-state index contributed by atoms with van der Waals surface area (Å²) < 4.78 is 0. The monoisotopic (exact) mass is 192 g/mol. The van der Waals surface area contributed by atoms with Gasteiger partial charge in [-0.2, -0.15) is 0 Å². The second-order valence-electron chi connectivity index (χ2n) is 2.62. The van der Waals surface area contributed by atoms with Crippen molar-refractivity contribution >= 4 is 11.9 Å². The molecular weight excluding hydrogens is 180 g/mol. The fourth-order valence-corrected chi connectivity index (χ4v) is 0.870. The van der Waals surface area contributed by atoms with Gasteiger partial charge in [0.2, 0.25) is 0 Å². The van der Waals surface area contributed by atoms with Crippen LogP contribution in [0, 0.1) is 10.8 Å². The van der Waals surface area contributed by atoms with Crippen molar-refractivity contribution in [1.29, 1.82) is 10.8 Å². The third-order valence-electron chi connectivity index (χ3n) is 1.48. The van der Waals surface area contributed by atoms with E-state index < -0.39 is 0 Å². The average Bonchev–Trinajstić information content (AvgIpc) is 2.15. The van der Waals surface area contributed by atoms with Gasteiger partial charge in [0.15, 0.2) is 11.9 Å². The molecule has 74 valence electrons. The molecular formula is C8H12N6. The van der Waals surface area contributed by atoms with E-state index in [1.807, 2.05) is 12.1 Å². The Balaban J connectivity index is 2.34. The van der Waals surface area contributed by atoms with Gasteiger partial charge in [0.05, 0.1) is 0 Å². The number of pyridine rings is 1. The molecule has 0 unspecified atom stereocenters. The van der Waals surface area contributed by atoms with Gasteiger partial charge in [-0.15, -0.1) is 0 Å². The maximum atomic E-state index is 7.31. The van der Waals surface area contributed by atoms with Crippen molar-refractivity contribution in [3.05, 3.63) is 30.1 Å². The number of aromatic nitrogens is 1. The highest BCUT2D eigenvalue weighted by atomic mass is 15.2. The van der Waals surface area contributed by atoms with Crippen molar-refractivity contribution in [3.8, 4) is 0 Å². The van der Waals surface area contributed by atoms with Gasteiger partial charge in [-0.3, -0.25) is 21.1 Å². The summed E-state index contributed by atoms with van der Waals surface area (Å²) >= 11 is 0. The molecule has 1 aromatic rings. The van der Waals surface area contributed by atoms with Crippen LogP contribution in [0.5, 0.6) is 0 Å². The molecule has 1 rings (SSSR count). The first-order valence-electron chi connectivity index (χ1n) is 4.01. The normalized spacial score (nSPS) is 9.14. The Bertz CT molecular complexity index is 320. The molecule has 6 heteroatoms. The number of nitrogens with two attached hydrogens (primary N) is 1. The molecule has 6 nitrogen and oxygen atoms in total. The predicted molar refractivity (Wildman–Crippen MR) is 53.9 cm³/mol. The van der Waals surface area contributed by atoms with Gasteiger partial charge in [0, 0.05) is 18.9 Å². The van der Waals surface area contributed by atoms with Crippen LogP contribution < -0.4 is 16.4 Å². The first kappa shape index (κ1) is 9.97. The Labute approximate surface area is 81.6 Å². The lowest BCUT2D eigenvalue weighted by atomic mass is 10.3. The highest BCUT2D eigenvalue weighted by Crippen LogP contribution is 1.93. The molecule has 0 aliphatic heterocycles. The summed E-state index contributed by atoms with van der Waals surface area (Å²) in [6.45, 7) is 0.502. The average molecular weight is 192 g/mol. The lowest BCUT2D eigenvalue weighted by Crippen LogP contribution is -2.42. The van der Waals surface area contributed by atoms with Crippen LogP contribution in [0.25, 0.3) is 0 Å². The molecule has 0 saturated heterocycles. The highest BCUT2D eigenvalue weighted by molar-refractivity contribution is 5.94. The van der Waals surface area contributed by atoms with E-state index in [-0.39, 0.29) is 11.9 Å². The number of nitrogens with one attached hydrogen (secondary N) is 4. The minimum atomic E-state index is -0.253. The molecule has 0 aliphatic rings. The van der Waals surface area contributed by atoms with Gasteiger partial charge in [-0.1, -0.05) is 0 Å². The van der Waals surface area contributed by atoms with Crippen LogP contribution in [0.4, 0.5) is 0 Å². The topological polar surface area (TPSA) is 111 Å². The number of rotatable bonds is 2. The molecule has 0 atom stereocenters. The van der Waals surface area contributed by atoms with Crippen molar-refractivity contribution < 1.29 is 0 Å². The molecule has 0 aliphatic carbocycles. The van der Waals surface area contributed by atoms with Crippen LogP contribution in [-0.4, -0.2) is 16.9 Å². The summed E-state index contributed by atoms with van der Waals surface area (Å²) in [6, 6.07) is 3.68. The third-order valence-corrected chi connectivity index (χ3v) is 1.48. The quantitative estimate of drug-likeness (QED) is 0.324. The van der Waals surface area contributed by atoms with Gasteiger partial charge < -0.3 is 11.1 Å². The fourth-order valence-electron chi connectivity index (χ4n) is 0.870. The predicted octanol–water partition coefficient (Wildman–Crippen LogP) is -0.411. The Morgan fingerprint density at radius 1 is 1.36 bits per heavy atom. The van der Waals surface area contributed by atoms with E-state index in [4.69, 9.17) is 16.6 Å². The second-order valence-corrected chi connectivity index (χ2v) is 2.62. The zero-order valence-electron chi connectivity index (χ0n) is 7.54. The van der Waals surface area contributed by atoms with E-state index in [9.17, 15) is 0 Å². The number of nitrogens with zero attached hydrogens (tertiary/aromatic N) is 1. The summed E-state index contributed by atoms with van der Waals surface area (Å²) in [6.07, 6.45) is 3.36. The molecule has 1 heterocycles. The molecule has 6 N–H and O–H groups in total. The molecule has 0 amide bonds. The van der Waals surface area contributed by atoms with Gasteiger partial charge in [0.1, 0.15) is 0 Å². The molecule has 0 bridgehead atoms. The second kappa shape index (κ2) is 4.80. The maximum absolute atomic E-state index is 7.31. The lowest BCUT2D eigenvalue weighted by Gasteiger charge is -2.08. The first-order chi connectivity index (χ1) is 6.68. The van der Waals surface area contributed by atoms with Crippen LogP contribution in [0.2, 0.25) is 0 Å². The van der Waals surface area contributed by atoms with Gasteiger partial charge in [-0.05, 0) is 17.7 Å². The zero-order chi connectivity index (χ0) is 10.4. The summed E-state index contributed by atoms with van der Waals surface area (Å²) in [5, 5.41) is 19.3. The van der Waals surface area contributed by atoms with Crippen LogP contribution in [0.15, 0.2) is 24.5 Å². The smallest absolute Gasteiger partial charge is 0.195 e. The summed E-state index contributed by atoms with van der Waals surface area (Å²) in [4.78, 5) is 3.87. The van der Waals surface area contributed by atoms with Crippen LogP contribution in [0.1, 0.15) is 5.56 Å². The van der Waals surface area contributed by atoms with Crippen LogP contribution in [-0.2, 0) is 6.54 Å². The number of hydrogen-bond acceptors (Lipinski definition) is 3. The third kappa shape index (κ3) is 3.53. The van der Waals surface area contributed by atoms with Gasteiger partial charge in [-0.25, -0.2) is 0 Å². The van der Waals surface area contributed by atoms with Gasteiger partial charge in [0.25, 0.3) is 0 Å². The summed E-state index contributed by atoms with van der Waals surface area (Å²) in [5.41, 5.74) is 6.05. The van der Waals surface area contributed by atoms with E-state index in [1.54, 1.807) is 12.4 Å². The highest BCUT2D eigenvalue weighted by Gasteiger charge is 1.96. The van der Waals surface area contributed by atoms with E-state index in [2.05, 4.69) is 15.6 Å². The molecule has 0 radical (unpaired) electrons. The fraction of sp³-hybridized carbons (Fsp3) is 0.125. The molecule has 1 aromatic heterocycles. The Morgan fingerprint density at radius 3 is 2.57 bits per heavy atom. The van der Waals surface area contributed by atoms with Gasteiger partial charge >= 0.3 is 0 Å². The van der Waals surface area contributed by atoms with E-state index in [1.165, 1.54) is 0 Å². The maximum Gasteiger partial charge on any atom is 0.195 e. The Kier molecular flexibility index (Phi) is 3.42. The summed E-state index contributed by atoms with van der Waals surface area (Å²) in [5.74, 6) is -0.244. The van der Waals surface area contributed by atoms with Crippen molar-refractivity contribution in [3.63, 3.8) is 0 Å². The van der Waals surface area contributed by atoms with Crippen LogP contribution >= 0.6 is 0 Å². The van der Waals surface area contributed by atoms with Crippen molar-refractivity contribution in [2.24, 2.45) is 5.73 Å². The Morgan fingerprint density at radius 2 is 2.00 bits per heavy atom. The standard InChI is InChI=1S/C8H12N6/c9-7(10)14-8(11)13-5-6-1-3-12-4-2-6/h1-4H,5H2,(H6,9,10,11,13,14). The largest absolute Gasteiger partial charge is 0.370 e. The minimum Gasteiger partial charge on any atom is -0.370 e. The van der Waals surface area contributed by atoms with E-state index in [0.717, 1.165) is 5.56 Å². The lowest BCUT2D eigenvalue weighted by molar-refractivity contribution is 0.874. The van der Waals surface area contributed by atoms with E-state index >= 15 is 0 Å². The zero-order valence-corrected chi connectivity index (χ0v) is 7.54. The molecule has 0 fully saturated rings. The SMILES string of the molecule is N=C(N)NC(=N)NCc1ccncc1. The molecule has 0 saturated carbocycles. The van der Waals surface area contributed by atoms with Crippen molar-refractivity contribution in [2.45, 2.75) is 6.54 Å². The molecule has 0 aromatic carbocycles.